The lowest BCUT2D eigenvalue weighted by molar-refractivity contribution is -0.117. The van der Waals surface area contributed by atoms with Crippen molar-refractivity contribution in [3.63, 3.8) is 0 Å². The summed E-state index contributed by atoms with van der Waals surface area (Å²) in [5.41, 5.74) is 10.7. The van der Waals surface area contributed by atoms with Crippen LogP contribution in [0.3, 0.4) is 0 Å². The van der Waals surface area contributed by atoms with Crippen molar-refractivity contribution in [3.05, 3.63) is 53.9 Å². The predicted molar refractivity (Wildman–Crippen MR) is 99.0 cm³/mol. The molecule has 5 heteroatoms. The molecule has 0 saturated carbocycles. The standard InChI is InChI=1S/C19H17N3OS/c20-16-5-2-1-4-15(16)19-21-17(12-24-19)13-7-9-14(10-8-13)22-11-3-6-18(22)23/h1-2,4-5,7-10,12H,3,6,11,20H2. The van der Waals surface area contributed by atoms with Crippen LogP contribution in [0.15, 0.2) is 53.9 Å². The van der Waals surface area contributed by atoms with Gasteiger partial charge in [-0.2, -0.15) is 0 Å². The van der Waals surface area contributed by atoms with E-state index in [1.807, 2.05) is 58.8 Å². The number of nitrogen functional groups attached to an aromatic ring is 1. The molecule has 2 heterocycles. The van der Waals surface area contributed by atoms with Gasteiger partial charge in [0, 0.05) is 40.8 Å². The van der Waals surface area contributed by atoms with E-state index in [1.165, 1.54) is 0 Å². The van der Waals surface area contributed by atoms with Crippen molar-refractivity contribution < 1.29 is 4.79 Å². The van der Waals surface area contributed by atoms with Crippen LogP contribution in [0.25, 0.3) is 21.8 Å². The number of benzene rings is 2. The number of aromatic nitrogens is 1. The average Bonchev–Trinajstić information content (AvgIpc) is 3.25. The summed E-state index contributed by atoms with van der Waals surface area (Å²) in [6, 6.07) is 15.8. The van der Waals surface area contributed by atoms with E-state index < -0.39 is 0 Å². The van der Waals surface area contributed by atoms with Gasteiger partial charge in [0.1, 0.15) is 5.01 Å². The van der Waals surface area contributed by atoms with Crippen LogP contribution in [0.5, 0.6) is 0 Å². The molecule has 0 bridgehead atoms. The fraction of sp³-hybridized carbons (Fsp3) is 0.158. The molecule has 0 unspecified atom stereocenters. The molecule has 1 aliphatic rings. The van der Waals surface area contributed by atoms with Crippen molar-refractivity contribution >= 4 is 28.6 Å². The second-order valence-corrected chi connectivity index (χ2v) is 6.68. The second kappa shape index (κ2) is 6.09. The lowest BCUT2D eigenvalue weighted by atomic mass is 10.1. The van der Waals surface area contributed by atoms with Crippen LogP contribution >= 0.6 is 11.3 Å². The Morgan fingerprint density at radius 2 is 1.88 bits per heavy atom. The molecular weight excluding hydrogens is 318 g/mol. The Bertz CT molecular complexity index is 886. The van der Waals surface area contributed by atoms with E-state index in [1.54, 1.807) is 11.3 Å². The number of carbonyl (C=O) groups is 1. The van der Waals surface area contributed by atoms with Crippen molar-refractivity contribution in [2.45, 2.75) is 12.8 Å². The SMILES string of the molecule is Nc1ccccc1-c1nc(-c2ccc(N3CCCC3=O)cc2)cs1. The van der Waals surface area contributed by atoms with Crippen LogP contribution < -0.4 is 10.6 Å². The highest BCUT2D eigenvalue weighted by molar-refractivity contribution is 7.13. The van der Waals surface area contributed by atoms with Gasteiger partial charge in [0.05, 0.1) is 5.69 Å². The predicted octanol–water partition coefficient (Wildman–Crippen LogP) is 4.19. The van der Waals surface area contributed by atoms with Gasteiger partial charge < -0.3 is 10.6 Å². The van der Waals surface area contributed by atoms with E-state index in [-0.39, 0.29) is 5.91 Å². The molecule has 3 aromatic rings. The van der Waals surface area contributed by atoms with Crippen LogP contribution in [0.2, 0.25) is 0 Å². The zero-order valence-corrected chi connectivity index (χ0v) is 13.9. The summed E-state index contributed by atoms with van der Waals surface area (Å²) >= 11 is 1.59. The molecule has 4 nitrogen and oxygen atoms in total. The smallest absolute Gasteiger partial charge is 0.227 e. The number of nitrogens with two attached hydrogens (primary N) is 1. The minimum Gasteiger partial charge on any atom is -0.398 e. The second-order valence-electron chi connectivity index (χ2n) is 5.82. The summed E-state index contributed by atoms with van der Waals surface area (Å²) < 4.78 is 0. The normalized spacial score (nSPS) is 14.3. The van der Waals surface area contributed by atoms with Gasteiger partial charge in [0.25, 0.3) is 0 Å². The van der Waals surface area contributed by atoms with Crippen molar-refractivity contribution in [3.8, 4) is 21.8 Å². The first-order valence-corrected chi connectivity index (χ1v) is 8.81. The Kier molecular flexibility index (Phi) is 3.78. The van der Waals surface area contributed by atoms with Gasteiger partial charge >= 0.3 is 0 Å². The van der Waals surface area contributed by atoms with Crippen LogP contribution in [0.4, 0.5) is 11.4 Å². The Hall–Kier alpha value is -2.66. The summed E-state index contributed by atoms with van der Waals surface area (Å²) in [6.45, 7) is 0.812. The highest BCUT2D eigenvalue weighted by Gasteiger charge is 2.21. The molecule has 0 spiro atoms. The Labute approximate surface area is 144 Å². The number of hydrogen-bond donors (Lipinski definition) is 1. The lowest BCUT2D eigenvalue weighted by Crippen LogP contribution is -2.23. The molecule has 0 atom stereocenters. The molecule has 0 radical (unpaired) electrons. The molecular formula is C19H17N3OS. The van der Waals surface area contributed by atoms with Gasteiger partial charge in [-0.15, -0.1) is 11.3 Å². The molecule has 1 aliphatic heterocycles. The molecule has 120 valence electrons. The first-order chi connectivity index (χ1) is 11.7. The number of hydrogen-bond acceptors (Lipinski definition) is 4. The lowest BCUT2D eigenvalue weighted by Gasteiger charge is -2.15. The van der Waals surface area contributed by atoms with Crippen molar-refractivity contribution in [2.75, 3.05) is 17.2 Å². The number of anilines is 2. The van der Waals surface area contributed by atoms with E-state index in [0.717, 1.165) is 46.2 Å². The molecule has 2 N–H and O–H groups in total. The van der Waals surface area contributed by atoms with Gasteiger partial charge in [0.2, 0.25) is 5.91 Å². The molecule has 4 rings (SSSR count). The largest absolute Gasteiger partial charge is 0.398 e. The van der Waals surface area contributed by atoms with E-state index in [4.69, 9.17) is 10.7 Å². The van der Waals surface area contributed by atoms with Gasteiger partial charge in [-0.05, 0) is 30.7 Å². The summed E-state index contributed by atoms with van der Waals surface area (Å²) in [7, 11) is 0. The Morgan fingerprint density at radius 3 is 2.58 bits per heavy atom. The zero-order valence-electron chi connectivity index (χ0n) is 13.1. The van der Waals surface area contributed by atoms with Gasteiger partial charge in [-0.3, -0.25) is 4.79 Å². The van der Waals surface area contributed by atoms with Crippen LogP contribution in [0.1, 0.15) is 12.8 Å². The molecule has 2 aromatic carbocycles. The summed E-state index contributed by atoms with van der Waals surface area (Å²) in [6.07, 6.45) is 1.59. The molecule has 1 fully saturated rings. The van der Waals surface area contributed by atoms with Crippen molar-refractivity contribution in [2.24, 2.45) is 0 Å². The topological polar surface area (TPSA) is 59.2 Å². The quantitative estimate of drug-likeness (QED) is 0.730. The zero-order chi connectivity index (χ0) is 16.5. The highest BCUT2D eigenvalue weighted by Crippen LogP contribution is 2.32. The Balaban J connectivity index is 1.61. The molecule has 24 heavy (non-hydrogen) atoms. The van der Waals surface area contributed by atoms with Gasteiger partial charge in [-0.25, -0.2) is 4.98 Å². The summed E-state index contributed by atoms with van der Waals surface area (Å²) in [4.78, 5) is 18.4. The number of amides is 1. The molecule has 1 saturated heterocycles. The number of rotatable bonds is 3. The maximum atomic E-state index is 11.8. The minimum absolute atomic E-state index is 0.207. The number of thiazole rings is 1. The molecule has 1 aromatic heterocycles. The fourth-order valence-electron chi connectivity index (χ4n) is 2.96. The third-order valence-corrected chi connectivity index (χ3v) is 5.12. The maximum absolute atomic E-state index is 11.8. The average molecular weight is 335 g/mol. The fourth-order valence-corrected chi connectivity index (χ4v) is 3.83. The highest BCUT2D eigenvalue weighted by atomic mass is 32.1. The molecule has 0 aliphatic carbocycles. The number of para-hydroxylation sites is 1. The maximum Gasteiger partial charge on any atom is 0.227 e. The monoisotopic (exact) mass is 335 g/mol. The van der Waals surface area contributed by atoms with Crippen LogP contribution in [-0.4, -0.2) is 17.4 Å². The van der Waals surface area contributed by atoms with E-state index in [2.05, 4.69) is 0 Å². The van der Waals surface area contributed by atoms with Crippen molar-refractivity contribution in [1.29, 1.82) is 0 Å². The van der Waals surface area contributed by atoms with E-state index in [9.17, 15) is 4.79 Å². The van der Waals surface area contributed by atoms with Crippen molar-refractivity contribution in [1.82, 2.24) is 4.98 Å². The van der Waals surface area contributed by atoms with Crippen LogP contribution in [-0.2, 0) is 4.79 Å². The third kappa shape index (κ3) is 2.67. The number of nitrogens with zero attached hydrogens (tertiary/aromatic N) is 2. The first kappa shape index (κ1) is 14.9. The number of carbonyl (C=O) groups excluding carboxylic acids is 1. The first-order valence-electron chi connectivity index (χ1n) is 7.93. The van der Waals surface area contributed by atoms with Gasteiger partial charge in [-0.1, -0.05) is 24.3 Å². The summed E-state index contributed by atoms with van der Waals surface area (Å²) in [5, 5.41) is 2.96. The molecule has 1 amide bonds. The van der Waals surface area contributed by atoms with Crippen LogP contribution in [0, 0.1) is 0 Å². The third-order valence-electron chi connectivity index (χ3n) is 4.24. The Morgan fingerprint density at radius 1 is 1.08 bits per heavy atom. The summed E-state index contributed by atoms with van der Waals surface area (Å²) in [5.74, 6) is 0.207. The van der Waals surface area contributed by atoms with E-state index >= 15 is 0 Å². The van der Waals surface area contributed by atoms with Gasteiger partial charge in [0.15, 0.2) is 0 Å². The van der Waals surface area contributed by atoms with E-state index in [0.29, 0.717) is 6.42 Å². The minimum atomic E-state index is 0.207.